The number of esters is 1. The maximum Gasteiger partial charge on any atom is 0.358 e. The van der Waals surface area contributed by atoms with Gasteiger partial charge in [-0.15, -0.1) is 10.2 Å². The zero-order chi connectivity index (χ0) is 19.3. The molecular weight excluding hydrogens is 332 g/mol. The van der Waals surface area contributed by atoms with Gasteiger partial charge >= 0.3 is 5.97 Å². The molecule has 1 aromatic rings. The first-order chi connectivity index (χ1) is 12.4. The summed E-state index contributed by atoms with van der Waals surface area (Å²) < 4.78 is 4.78. The normalized spacial score (nSPS) is 18.7. The van der Waals surface area contributed by atoms with Gasteiger partial charge in [-0.05, 0) is 29.9 Å². The lowest BCUT2D eigenvalue weighted by Crippen LogP contribution is -2.55. The van der Waals surface area contributed by atoms with Crippen LogP contribution < -0.4 is 5.32 Å². The number of carbonyl (C=O) groups is 2. The summed E-state index contributed by atoms with van der Waals surface area (Å²) in [6.45, 7) is 10.5. The third-order valence-electron chi connectivity index (χ3n) is 4.92. The lowest BCUT2D eigenvalue weighted by atomic mass is 9.97. The van der Waals surface area contributed by atoms with Crippen LogP contribution in [0.2, 0.25) is 0 Å². The Hall–Kier alpha value is -2.02. The van der Waals surface area contributed by atoms with E-state index in [1.54, 1.807) is 6.07 Å². The van der Waals surface area contributed by atoms with Crippen molar-refractivity contribution in [3.8, 4) is 0 Å². The summed E-state index contributed by atoms with van der Waals surface area (Å²) in [6.07, 6.45) is 1.70. The summed E-state index contributed by atoms with van der Waals surface area (Å²) in [7, 11) is 1.32. The Morgan fingerprint density at radius 2 is 2.08 bits per heavy atom. The number of carbonyl (C=O) groups excluding carboxylic acids is 2. The molecule has 7 heteroatoms. The fourth-order valence-corrected chi connectivity index (χ4v) is 3.19. The van der Waals surface area contributed by atoms with Gasteiger partial charge in [-0.1, -0.05) is 34.1 Å². The summed E-state index contributed by atoms with van der Waals surface area (Å²) in [4.78, 5) is 26.7. The molecule has 1 aliphatic rings. The smallest absolute Gasteiger partial charge is 0.358 e. The minimum Gasteiger partial charge on any atom is -0.464 e. The van der Waals surface area contributed by atoms with E-state index in [1.165, 1.54) is 7.11 Å². The summed E-state index contributed by atoms with van der Waals surface area (Å²) in [5.74, 6) is 0.161. The second-order valence-corrected chi connectivity index (χ2v) is 7.39. The predicted molar refractivity (Wildman–Crippen MR) is 99.1 cm³/mol. The van der Waals surface area contributed by atoms with Crippen molar-refractivity contribution >= 4 is 11.9 Å². The average molecular weight is 362 g/mol. The molecule has 0 aliphatic carbocycles. The van der Waals surface area contributed by atoms with Gasteiger partial charge in [-0.25, -0.2) is 4.79 Å². The number of methoxy groups -OCH3 is 1. The maximum atomic E-state index is 12.9. The molecule has 2 atom stereocenters. The number of hydrogen-bond donors (Lipinski definition) is 1. The van der Waals surface area contributed by atoms with Crippen LogP contribution in [-0.2, 0) is 11.2 Å². The van der Waals surface area contributed by atoms with Crippen molar-refractivity contribution in [1.82, 2.24) is 20.4 Å². The summed E-state index contributed by atoms with van der Waals surface area (Å²) in [5.41, 5.74) is 1.19. The van der Waals surface area contributed by atoms with Gasteiger partial charge in [0.25, 0.3) is 5.91 Å². The van der Waals surface area contributed by atoms with Gasteiger partial charge in [0.15, 0.2) is 11.4 Å². The number of nitrogens with one attached hydrogen (secondary N) is 1. The molecule has 1 N–H and O–H groups in total. The van der Waals surface area contributed by atoms with Crippen LogP contribution in [0.5, 0.6) is 0 Å². The van der Waals surface area contributed by atoms with Crippen molar-refractivity contribution in [2.75, 3.05) is 26.7 Å². The highest BCUT2D eigenvalue weighted by Gasteiger charge is 2.28. The first kappa shape index (κ1) is 20.3. The van der Waals surface area contributed by atoms with Crippen LogP contribution in [0.15, 0.2) is 6.07 Å². The highest BCUT2D eigenvalue weighted by Crippen LogP contribution is 2.17. The second-order valence-electron chi connectivity index (χ2n) is 7.39. The van der Waals surface area contributed by atoms with Crippen molar-refractivity contribution in [2.24, 2.45) is 11.8 Å². The van der Waals surface area contributed by atoms with E-state index in [9.17, 15) is 9.59 Å². The molecule has 1 unspecified atom stereocenters. The highest BCUT2D eigenvalue weighted by molar-refractivity contribution is 5.94. The largest absolute Gasteiger partial charge is 0.464 e. The van der Waals surface area contributed by atoms with E-state index in [0.29, 0.717) is 36.9 Å². The van der Waals surface area contributed by atoms with Gasteiger partial charge in [0.2, 0.25) is 0 Å². The number of rotatable bonds is 6. The quantitative estimate of drug-likeness (QED) is 0.779. The molecule has 0 spiro atoms. The van der Waals surface area contributed by atoms with Crippen molar-refractivity contribution in [3.05, 3.63) is 23.0 Å². The molecule has 1 amide bonds. The van der Waals surface area contributed by atoms with Crippen LogP contribution in [0.3, 0.4) is 0 Å². The van der Waals surface area contributed by atoms with E-state index >= 15 is 0 Å². The Morgan fingerprint density at radius 1 is 1.35 bits per heavy atom. The molecular formula is C19H30N4O3. The van der Waals surface area contributed by atoms with E-state index in [-0.39, 0.29) is 23.3 Å². The van der Waals surface area contributed by atoms with Crippen LogP contribution >= 0.6 is 0 Å². The molecule has 0 radical (unpaired) electrons. The van der Waals surface area contributed by atoms with E-state index in [0.717, 1.165) is 13.0 Å². The molecule has 0 saturated carbocycles. The molecule has 1 saturated heterocycles. The lowest BCUT2D eigenvalue weighted by Gasteiger charge is -2.36. The Labute approximate surface area is 155 Å². The predicted octanol–water partition coefficient (Wildman–Crippen LogP) is 1.92. The summed E-state index contributed by atoms with van der Waals surface area (Å²) >= 11 is 0. The summed E-state index contributed by atoms with van der Waals surface area (Å²) in [6, 6.07) is 1.98. The minimum absolute atomic E-state index is 0.131. The van der Waals surface area contributed by atoms with Crippen molar-refractivity contribution in [1.29, 1.82) is 0 Å². The van der Waals surface area contributed by atoms with Gasteiger partial charge in [0, 0.05) is 25.7 Å². The van der Waals surface area contributed by atoms with Gasteiger partial charge in [-0.2, -0.15) is 0 Å². The first-order valence-electron chi connectivity index (χ1n) is 9.34. The van der Waals surface area contributed by atoms with Gasteiger partial charge < -0.3 is 15.0 Å². The van der Waals surface area contributed by atoms with Crippen molar-refractivity contribution in [3.63, 3.8) is 0 Å². The topological polar surface area (TPSA) is 84.4 Å². The Balaban J connectivity index is 2.24. The zero-order valence-electron chi connectivity index (χ0n) is 16.4. The van der Waals surface area contributed by atoms with E-state index < -0.39 is 5.97 Å². The number of nitrogens with zero attached hydrogens (tertiary/aromatic N) is 3. The Bertz CT molecular complexity index is 648. The fraction of sp³-hybridized carbons (Fsp3) is 0.684. The zero-order valence-corrected chi connectivity index (χ0v) is 16.4. The molecule has 26 heavy (non-hydrogen) atoms. The van der Waals surface area contributed by atoms with Crippen LogP contribution in [0, 0.1) is 11.8 Å². The highest BCUT2D eigenvalue weighted by atomic mass is 16.5. The molecule has 144 valence electrons. The van der Waals surface area contributed by atoms with E-state index in [2.05, 4.69) is 43.2 Å². The molecule has 2 rings (SSSR count). The van der Waals surface area contributed by atoms with Crippen molar-refractivity contribution < 1.29 is 14.3 Å². The van der Waals surface area contributed by atoms with E-state index in [1.807, 2.05) is 4.90 Å². The van der Waals surface area contributed by atoms with E-state index in [4.69, 9.17) is 4.74 Å². The van der Waals surface area contributed by atoms with Gasteiger partial charge in [-0.3, -0.25) is 4.79 Å². The van der Waals surface area contributed by atoms with Crippen LogP contribution in [0.4, 0.5) is 0 Å². The van der Waals surface area contributed by atoms with Crippen molar-refractivity contribution in [2.45, 2.75) is 46.6 Å². The maximum absolute atomic E-state index is 12.9. The van der Waals surface area contributed by atoms with Crippen LogP contribution in [-0.4, -0.2) is 59.8 Å². The lowest BCUT2D eigenvalue weighted by molar-refractivity contribution is 0.0587. The minimum atomic E-state index is -0.522. The molecule has 1 fully saturated rings. The monoisotopic (exact) mass is 362 g/mol. The van der Waals surface area contributed by atoms with Crippen LogP contribution in [0.1, 0.15) is 60.7 Å². The molecule has 0 bridgehead atoms. The third-order valence-corrected chi connectivity index (χ3v) is 4.92. The molecule has 1 aliphatic heterocycles. The Morgan fingerprint density at radius 3 is 2.69 bits per heavy atom. The van der Waals surface area contributed by atoms with Gasteiger partial charge in [0.1, 0.15) is 0 Å². The summed E-state index contributed by atoms with van der Waals surface area (Å²) in [5, 5.41) is 11.5. The molecule has 0 aromatic carbocycles. The fourth-order valence-electron chi connectivity index (χ4n) is 3.19. The standard InChI is InChI=1S/C19H30N4O3/c1-6-13(4)16-11-23(8-7-20-16)18(24)15-10-14(9-12(2)3)17(22-21-15)19(25)26-5/h10,12-13,16,20H,6-9,11H2,1-5H3/t13?,16-/m1/s1. The number of ether oxygens (including phenoxy) is 1. The number of piperazine rings is 1. The molecule has 2 heterocycles. The molecule has 7 nitrogen and oxygen atoms in total. The Kier molecular flexibility index (Phi) is 7.08. The SMILES string of the molecule is CCC(C)[C@H]1CN(C(=O)c2cc(CC(C)C)c(C(=O)OC)nn2)CCN1. The molecule has 1 aromatic heterocycles. The first-order valence-corrected chi connectivity index (χ1v) is 9.34. The number of amides is 1. The van der Waals surface area contributed by atoms with Crippen LogP contribution in [0.25, 0.3) is 0 Å². The number of aromatic nitrogens is 2. The average Bonchev–Trinajstić information content (AvgIpc) is 2.65. The number of hydrogen-bond acceptors (Lipinski definition) is 6. The third kappa shape index (κ3) is 4.78. The van der Waals surface area contributed by atoms with Gasteiger partial charge in [0.05, 0.1) is 7.11 Å². The second kappa shape index (κ2) is 9.07.